The molecule has 0 saturated carbocycles. The predicted octanol–water partition coefficient (Wildman–Crippen LogP) is 6.52. The van der Waals surface area contributed by atoms with Gasteiger partial charge in [-0.25, -0.2) is 0 Å². The van der Waals surface area contributed by atoms with Crippen molar-refractivity contribution in [3.05, 3.63) is 56.5 Å². The molecule has 0 heterocycles. The topological polar surface area (TPSA) is 0 Å². The summed E-state index contributed by atoms with van der Waals surface area (Å²) in [4.78, 5) is 0. The van der Waals surface area contributed by atoms with E-state index in [1.807, 2.05) is 13.8 Å². The van der Waals surface area contributed by atoms with Gasteiger partial charge in [0.25, 0.3) is 0 Å². The summed E-state index contributed by atoms with van der Waals surface area (Å²) in [6.07, 6.45) is 0. The number of rotatable bonds is 1. The standard InChI is InChI=1S/C14H12Br2.C2H6/c1-9-3-5-11(13(15)7-9)12-6-4-10(2)8-14(12)16;1-2/h3-8H,1-2H3;1-2H3. The molecule has 2 aromatic carbocycles. The van der Waals surface area contributed by atoms with Crippen LogP contribution in [0.4, 0.5) is 0 Å². The highest BCUT2D eigenvalue weighted by molar-refractivity contribution is 9.11. The molecule has 0 atom stereocenters. The van der Waals surface area contributed by atoms with Gasteiger partial charge < -0.3 is 0 Å². The van der Waals surface area contributed by atoms with E-state index in [4.69, 9.17) is 0 Å². The smallest absolute Gasteiger partial charge is 0.0256 e. The maximum Gasteiger partial charge on any atom is 0.0256 e. The third-order valence-electron chi connectivity index (χ3n) is 2.54. The molecule has 0 radical (unpaired) electrons. The van der Waals surface area contributed by atoms with Gasteiger partial charge in [0.1, 0.15) is 0 Å². The molecule has 0 aromatic heterocycles. The predicted molar refractivity (Wildman–Crippen MR) is 88.1 cm³/mol. The molecule has 96 valence electrons. The lowest BCUT2D eigenvalue weighted by molar-refractivity contribution is 1.42. The Bertz CT molecular complexity index is 481. The SMILES string of the molecule is CC.Cc1ccc(-c2ccc(C)cc2Br)c(Br)c1. The number of benzene rings is 2. The first-order valence-corrected chi connectivity index (χ1v) is 7.69. The maximum atomic E-state index is 3.62. The van der Waals surface area contributed by atoms with Gasteiger partial charge in [-0.2, -0.15) is 0 Å². The number of aryl methyl sites for hydroxylation is 2. The Balaban J connectivity index is 0.000000771. The highest BCUT2D eigenvalue weighted by Crippen LogP contribution is 2.34. The van der Waals surface area contributed by atoms with Crippen LogP contribution in [0.15, 0.2) is 45.3 Å². The van der Waals surface area contributed by atoms with Crippen molar-refractivity contribution in [2.45, 2.75) is 27.7 Å². The third-order valence-corrected chi connectivity index (χ3v) is 3.85. The second-order valence-electron chi connectivity index (χ2n) is 3.97. The molecule has 2 heteroatoms. The van der Waals surface area contributed by atoms with Gasteiger partial charge in [-0.3, -0.25) is 0 Å². The van der Waals surface area contributed by atoms with Crippen molar-refractivity contribution >= 4 is 31.9 Å². The fraction of sp³-hybridized carbons (Fsp3) is 0.250. The normalized spacial score (nSPS) is 9.67. The van der Waals surface area contributed by atoms with E-state index in [1.54, 1.807) is 0 Å². The van der Waals surface area contributed by atoms with Crippen LogP contribution in [0.25, 0.3) is 11.1 Å². The van der Waals surface area contributed by atoms with Gasteiger partial charge in [0.15, 0.2) is 0 Å². The van der Waals surface area contributed by atoms with Crippen LogP contribution in [0.3, 0.4) is 0 Å². The average Bonchev–Trinajstić information content (AvgIpc) is 2.33. The number of hydrogen-bond donors (Lipinski definition) is 0. The summed E-state index contributed by atoms with van der Waals surface area (Å²) in [5.74, 6) is 0. The van der Waals surface area contributed by atoms with E-state index in [0.29, 0.717) is 0 Å². The van der Waals surface area contributed by atoms with Gasteiger partial charge in [0.05, 0.1) is 0 Å². The second-order valence-corrected chi connectivity index (χ2v) is 5.68. The first-order chi connectivity index (χ1) is 8.58. The Morgan fingerprint density at radius 2 is 1.00 bits per heavy atom. The first-order valence-electron chi connectivity index (χ1n) is 6.10. The van der Waals surface area contributed by atoms with Gasteiger partial charge in [-0.1, -0.05) is 70.0 Å². The molecular weight excluding hydrogens is 352 g/mol. The molecule has 0 aliphatic rings. The Kier molecular flexibility index (Phi) is 6.10. The summed E-state index contributed by atoms with van der Waals surface area (Å²) >= 11 is 7.23. The minimum Gasteiger partial charge on any atom is -0.0683 e. The van der Waals surface area contributed by atoms with Crippen LogP contribution in [0.1, 0.15) is 25.0 Å². The Morgan fingerprint density at radius 1 is 0.667 bits per heavy atom. The zero-order valence-corrected chi connectivity index (χ0v) is 14.4. The van der Waals surface area contributed by atoms with Crippen LogP contribution in [-0.2, 0) is 0 Å². The van der Waals surface area contributed by atoms with Crippen LogP contribution < -0.4 is 0 Å². The molecule has 0 bridgehead atoms. The van der Waals surface area contributed by atoms with Gasteiger partial charge in [-0.15, -0.1) is 0 Å². The molecule has 0 spiro atoms. The summed E-state index contributed by atoms with van der Waals surface area (Å²) in [5.41, 5.74) is 4.97. The van der Waals surface area contributed by atoms with Crippen LogP contribution in [-0.4, -0.2) is 0 Å². The highest BCUT2D eigenvalue weighted by Gasteiger charge is 2.06. The van der Waals surface area contributed by atoms with Crippen LogP contribution in [0.5, 0.6) is 0 Å². The average molecular weight is 370 g/mol. The molecule has 18 heavy (non-hydrogen) atoms. The van der Waals surface area contributed by atoms with E-state index in [2.05, 4.69) is 82.1 Å². The Labute approximate surface area is 127 Å². The van der Waals surface area contributed by atoms with Gasteiger partial charge in [0.2, 0.25) is 0 Å². The molecule has 2 rings (SSSR count). The van der Waals surface area contributed by atoms with E-state index in [9.17, 15) is 0 Å². The molecule has 0 saturated heterocycles. The monoisotopic (exact) mass is 368 g/mol. The van der Waals surface area contributed by atoms with E-state index in [-0.39, 0.29) is 0 Å². The van der Waals surface area contributed by atoms with Gasteiger partial charge >= 0.3 is 0 Å². The molecule has 0 aliphatic heterocycles. The summed E-state index contributed by atoms with van der Waals surface area (Å²) in [6, 6.07) is 12.8. The molecular formula is C16H18Br2. The lowest BCUT2D eigenvalue weighted by atomic mass is 10.0. The van der Waals surface area contributed by atoms with Crippen LogP contribution in [0.2, 0.25) is 0 Å². The van der Waals surface area contributed by atoms with Gasteiger partial charge in [-0.05, 0) is 48.2 Å². The lowest BCUT2D eigenvalue weighted by Gasteiger charge is -2.08. The Hall–Kier alpha value is -0.600. The van der Waals surface area contributed by atoms with Gasteiger partial charge in [0, 0.05) is 8.95 Å². The fourth-order valence-corrected chi connectivity index (χ4v) is 3.09. The fourth-order valence-electron chi connectivity index (χ4n) is 1.68. The van der Waals surface area contributed by atoms with Crippen LogP contribution >= 0.6 is 31.9 Å². The zero-order chi connectivity index (χ0) is 13.7. The minimum atomic E-state index is 1.14. The number of hydrogen-bond acceptors (Lipinski definition) is 0. The highest BCUT2D eigenvalue weighted by atomic mass is 79.9. The van der Waals surface area contributed by atoms with Crippen molar-refractivity contribution in [2.75, 3.05) is 0 Å². The molecule has 0 fully saturated rings. The van der Waals surface area contributed by atoms with Crippen molar-refractivity contribution in [3.63, 3.8) is 0 Å². The van der Waals surface area contributed by atoms with E-state index >= 15 is 0 Å². The molecule has 0 N–H and O–H groups in total. The Morgan fingerprint density at radius 3 is 1.28 bits per heavy atom. The van der Waals surface area contributed by atoms with Crippen molar-refractivity contribution in [1.29, 1.82) is 0 Å². The van der Waals surface area contributed by atoms with Crippen LogP contribution in [0, 0.1) is 13.8 Å². The largest absolute Gasteiger partial charge is 0.0683 e. The summed E-state index contributed by atoms with van der Waals surface area (Å²) < 4.78 is 2.27. The third kappa shape index (κ3) is 3.69. The second kappa shape index (κ2) is 7.10. The van der Waals surface area contributed by atoms with E-state index in [1.165, 1.54) is 22.3 Å². The summed E-state index contributed by atoms with van der Waals surface area (Å²) in [6.45, 7) is 8.19. The lowest BCUT2D eigenvalue weighted by Crippen LogP contribution is -1.84. The van der Waals surface area contributed by atoms with E-state index in [0.717, 1.165) is 8.95 Å². The molecule has 0 amide bonds. The molecule has 0 nitrogen and oxygen atoms in total. The maximum absolute atomic E-state index is 3.62. The quantitative estimate of drug-likeness (QED) is 0.536. The number of halogens is 2. The zero-order valence-electron chi connectivity index (χ0n) is 11.2. The summed E-state index contributed by atoms with van der Waals surface area (Å²) in [7, 11) is 0. The molecule has 0 unspecified atom stereocenters. The summed E-state index contributed by atoms with van der Waals surface area (Å²) in [5, 5.41) is 0. The van der Waals surface area contributed by atoms with Crippen molar-refractivity contribution in [1.82, 2.24) is 0 Å². The molecule has 2 aromatic rings. The van der Waals surface area contributed by atoms with Crippen molar-refractivity contribution in [2.24, 2.45) is 0 Å². The molecule has 0 aliphatic carbocycles. The van der Waals surface area contributed by atoms with Crippen molar-refractivity contribution < 1.29 is 0 Å². The van der Waals surface area contributed by atoms with Crippen molar-refractivity contribution in [3.8, 4) is 11.1 Å². The first kappa shape index (κ1) is 15.5. The van der Waals surface area contributed by atoms with E-state index < -0.39 is 0 Å². The minimum absolute atomic E-state index is 1.14.